The van der Waals surface area contributed by atoms with Gasteiger partial charge in [0.25, 0.3) is 5.91 Å². The minimum absolute atomic E-state index is 0.101. The van der Waals surface area contributed by atoms with Gasteiger partial charge in [0.2, 0.25) is 5.72 Å². The molecule has 0 heterocycles. The molecular formula is C23H32N2O2. The van der Waals surface area contributed by atoms with Crippen molar-refractivity contribution in [1.82, 2.24) is 5.32 Å². The van der Waals surface area contributed by atoms with Gasteiger partial charge in [-0.3, -0.25) is 10.1 Å². The molecule has 2 aromatic rings. The topological polar surface area (TPSA) is 64.3 Å². The Morgan fingerprint density at radius 2 is 1.74 bits per heavy atom. The molecule has 2 rings (SSSR count). The van der Waals surface area contributed by atoms with Crippen LogP contribution in [-0.2, 0) is 11.2 Å². The number of nitrogens with two attached hydrogens (primary N) is 1. The summed E-state index contributed by atoms with van der Waals surface area (Å²) in [5, 5.41) is 3.38. The van der Waals surface area contributed by atoms with Gasteiger partial charge in [0.1, 0.15) is 5.75 Å². The molecule has 2 unspecified atom stereocenters. The number of hydrogen-bond acceptors (Lipinski definition) is 3. The largest absolute Gasteiger partial charge is 0.463 e. The zero-order valence-corrected chi connectivity index (χ0v) is 16.9. The van der Waals surface area contributed by atoms with Crippen LogP contribution < -0.4 is 15.8 Å². The van der Waals surface area contributed by atoms with Crippen LogP contribution in [0.3, 0.4) is 0 Å². The van der Waals surface area contributed by atoms with Crippen LogP contribution in [0.1, 0.15) is 38.3 Å². The lowest BCUT2D eigenvalue weighted by Crippen LogP contribution is -2.65. The number of primary amides is 1. The number of ether oxygens (including phenoxy) is 1. The fourth-order valence-electron chi connectivity index (χ4n) is 3.28. The van der Waals surface area contributed by atoms with Crippen molar-refractivity contribution in [2.24, 2.45) is 17.6 Å². The van der Waals surface area contributed by atoms with E-state index in [0.717, 1.165) is 17.5 Å². The van der Waals surface area contributed by atoms with Gasteiger partial charge >= 0.3 is 0 Å². The quantitative estimate of drug-likeness (QED) is 0.621. The van der Waals surface area contributed by atoms with Crippen molar-refractivity contribution >= 4 is 5.91 Å². The molecule has 4 nitrogen and oxygen atoms in total. The first-order valence-corrected chi connectivity index (χ1v) is 9.72. The monoisotopic (exact) mass is 368 g/mol. The van der Waals surface area contributed by atoms with Crippen molar-refractivity contribution in [3.05, 3.63) is 65.7 Å². The maximum Gasteiger partial charge on any atom is 0.277 e. The Balaban J connectivity index is 2.44. The molecule has 0 spiro atoms. The van der Waals surface area contributed by atoms with E-state index in [1.807, 2.05) is 49.4 Å². The second kappa shape index (κ2) is 9.56. The van der Waals surface area contributed by atoms with Crippen molar-refractivity contribution in [2.75, 3.05) is 6.54 Å². The van der Waals surface area contributed by atoms with Crippen LogP contribution in [0.15, 0.2) is 54.6 Å². The molecule has 0 aliphatic carbocycles. The summed E-state index contributed by atoms with van der Waals surface area (Å²) in [5.41, 5.74) is 6.83. The minimum atomic E-state index is -1.26. The van der Waals surface area contributed by atoms with E-state index in [4.69, 9.17) is 10.5 Å². The SMILES string of the molecule is CCC(Cc1ccccc1)C(NCC(C)C)(Oc1ccccc1C)C(N)=O. The van der Waals surface area contributed by atoms with Crippen molar-refractivity contribution < 1.29 is 9.53 Å². The second-order valence-corrected chi connectivity index (χ2v) is 7.54. The number of nitrogens with one attached hydrogen (secondary N) is 1. The Morgan fingerprint density at radius 3 is 2.30 bits per heavy atom. The number of amides is 1. The van der Waals surface area contributed by atoms with Gasteiger partial charge in [-0.15, -0.1) is 0 Å². The van der Waals surface area contributed by atoms with Gasteiger partial charge in [-0.2, -0.15) is 0 Å². The molecule has 0 bridgehead atoms. The van der Waals surface area contributed by atoms with Crippen LogP contribution in [0.2, 0.25) is 0 Å². The predicted molar refractivity (Wildman–Crippen MR) is 111 cm³/mol. The highest BCUT2D eigenvalue weighted by Crippen LogP contribution is 2.30. The Hall–Kier alpha value is -2.33. The molecule has 0 radical (unpaired) electrons. The van der Waals surface area contributed by atoms with Gasteiger partial charge in [-0.1, -0.05) is 69.3 Å². The summed E-state index contributed by atoms with van der Waals surface area (Å²) >= 11 is 0. The Morgan fingerprint density at radius 1 is 1.11 bits per heavy atom. The lowest BCUT2D eigenvalue weighted by Gasteiger charge is -2.39. The molecule has 27 heavy (non-hydrogen) atoms. The smallest absolute Gasteiger partial charge is 0.277 e. The zero-order valence-electron chi connectivity index (χ0n) is 16.9. The minimum Gasteiger partial charge on any atom is -0.463 e. The molecule has 1 amide bonds. The first-order valence-electron chi connectivity index (χ1n) is 9.72. The van der Waals surface area contributed by atoms with E-state index in [1.54, 1.807) is 0 Å². The fourth-order valence-corrected chi connectivity index (χ4v) is 3.28. The van der Waals surface area contributed by atoms with Crippen LogP contribution in [0.4, 0.5) is 0 Å². The Bertz CT molecular complexity index is 730. The molecule has 2 aromatic carbocycles. The summed E-state index contributed by atoms with van der Waals surface area (Å²) in [7, 11) is 0. The van der Waals surface area contributed by atoms with E-state index in [-0.39, 0.29) is 5.92 Å². The van der Waals surface area contributed by atoms with Crippen molar-refractivity contribution in [3.8, 4) is 5.75 Å². The van der Waals surface area contributed by atoms with Gasteiger partial charge in [0.05, 0.1) is 0 Å². The third-order valence-corrected chi connectivity index (χ3v) is 4.90. The molecule has 0 aliphatic rings. The summed E-state index contributed by atoms with van der Waals surface area (Å²) in [5.74, 6) is 0.461. The number of carbonyl (C=O) groups excluding carboxylic acids is 1. The maximum absolute atomic E-state index is 12.8. The summed E-state index contributed by atoms with van der Waals surface area (Å²) in [6, 6.07) is 17.9. The number of aryl methyl sites for hydroxylation is 1. The number of hydrogen-bond donors (Lipinski definition) is 2. The molecule has 0 aromatic heterocycles. The van der Waals surface area contributed by atoms with E-state index < -0.39 is 11.6 Å². The first kappa shape index (κ1) is 21.0. The highest BCUT2D eigenvalue weighted by atomic mass is 16.5. The predicted octanol–water partition coefficient (Wildman–Crippen LogP) is 4.07. The summed E-state index contributed by atoms with van der Waals surface area (Å²) in [6.45, 7) is 8.89. The molecule has 0 saturated carbocycles. The molecule has 3 N–H and O–H groups in total. The number of rotatable bonds is 10. The summed E-state index contributed by atoms with van der Waals surface area (Å²) < 4.78 is 6.38. The van der Waals surface area contributed by atoms with Crippen molar-refractivity contribution in [2.45, 2.75) is 46.3 Å². The van der Waals surface area contributed by atoms with Gasteiger partial charge in [0.15, 0.2) is 0 Å². The van der Waals surface area contributed by atoms with Gasteiger partial charge < -0.3 is 10.5 Å². The third-order valence-electron chi connectivity index (χ3n) is 4.90. The van der Waals surface area contributed by atoms with E-state index in [2.05, 4.69) is 38.2 Å². The van der Waals surface area contributed by atoms with Crippen LogP contribution in [0.25, 0.3) is 0 Å². The van der Waals surface area contributed by atoms with E-state index in [9.17, 15) is 4.79 Å². The molecule has 0 fully saturated rings. The van der Waals surface area contributed by atoms with E-state index in [0.29, 0.717) is 24.6 Å². The van der Waals surface area contributed by atoms with E-state index >= 15 is 0 Å². The van der Waals surface area contributed by atoms with Crippen LogP contribution >= 0.6 is 0 Å². The normalized spacial score (nSPS) is 14.6. The lowest BCUT2D eigenvalue weighted by atomic mass is 9.85. The average Bonchev–Trinajstić information content (AvgIpc) is 2.65. The molecule has 0 saturated heterocycles. The highest BCUT2D eigenvalue weighted by Gasteiger charge is 2.46. The standard InChI is InChI=1S/C23H32N2O2/c1-5-20(15-19-12-7-6-8-13-19)23(22(24)26,25-16-17(2)3)27-21-14-10-9-11-18(21)4/h6-14,17,20,25H,5,15-16H2,1-4H3,(H2,24,26). The zero-order chi connectivity index (χ0) is 19.9. The van der Waals surface area contributed by atoms with Gasteiger partial charge in [-0.05, 0) is 42.9 Å². The fraction of sp³-hybridized carbons (Fsp3) is 0.435. The molecule has 146 valence electrons. The van der Waals surface area contributed by atoms with Gasteiger partial charge in [0, 0.05) is 12.5 Å². The molecule has 2 atom stereocenters. The van der Waals surface area contributed by atoms with Crippen LogP contribution in [-0.4, -0.2) is 18.2 Å². The maximum atomic E-state index is 12.8. The third kappa shape index (κ3) is 5.33. The van der Waals surface area contributed by atoms with Crippen LogP contribution in [0.5, 0.6) is 5.75 Å². The molecular weight excluding hydrogens is 336 g/mol. The van der Waals surface area contributed by atoms with Gasteiger partial charge in [-0.25, -0.2) is 0 Å². The summed E-state index contributed by atoms with van der Waals surface area (Å²) in [4.78, 5) is 12.8. The lowest BCUT2D eigenvalue weighted by molar-refractivity contribution is -0.143. The molecule has 0 aliphatic heterocycles. The van der Waals surface area contributed by atoms with Crippen LogP contribution in [0, 0.1) is 18.8 Å². The Kier molecular flexibility index (Phi) is 7.43. The number of carbonyl (C=O) groups is 1. The van der Waals surface area contributed by atoms with Crippen molar-refractivity contribution in [1.29, 1.82) is 0 Å². The van der Waals surface area contributed by atoms with E-state index in [1.165, 1.54) is 0 Å². The highest BCUT2D eigenvalue weighted by molar-refractivity contribution is 5.84. The molecule has 4 heteroatoms. The number of para-hydroxylation sites is 1. The number of benzene rings is 2. The Labute approximate surface area is 163 Å². The first-order chi connectivity index (χ1) is 12.9. The van der Waals surface area contributed by atoms with Crippen molar-refractivity contribution in [3.63, 3.8) is 0 Å². The second-order valence-electron chi connectivity index (χ2n) is 7.54. The average molecular weight is 369 g/mol. The summed E-state index contributed by atoms with van der Waals surface area (Å²) in [6.07, 6.45) is 1.46.